The van der Waals surface area contributed by atoms with Gasteiger partial charge in [0.05, 0.1) is 5.69 Å². The summed E-state index contributed by atoms with van der Waals surface area (Å²) in [6.07, 6.45) is 1.66. The van der Waals surface area contributed by atoms with E-state index in [9.17, 15) is 5.26 Å². The summed E-state index contributed by atoms with van der Waals surface area (Å²) in [5.74, 6) is 1.43. The van der Waals surface area contributed by atoms with E-state index in [1.807, 2.05) is 47.8 Å². The Kier molecular flexibility index (Phi) is 5.10. The summed E-state index contributed by atoms with van der Waals surface area (Å²) in [4.78, 5) is 4.60. The molecule has 0 unspecified atom stereocenters. The normalized spacial score (nSPS) is 13.1. The Morgan fingerprint density at radius 1 is 1.19 bits per heavy atom. The highest BCUT2D eigenvalue weighted by Crippen LogP contribution is 2.33. The summed E-state index contributed by atoms with van der Waals surface area (Å²) in [6, 6.07) is 15.7. The molecule has 0 amide bonds. The van der Waals surface area contributed by atoms with E-state index in [4.69, 9.17) is 9.47 Å². The minimum absolute atomic E-state index is 0.469. The fourth-order valence-corrected chi connectivity index (χ4v) is 3.80. The Morgan fingerprint density at radius 2 is 2.04 bits per heavy atom. The monoisotopic (exact) mass is 439 g/mol. The van der Waals surface area contributed by atoms with Crippen molar-refractivity contribution in [2.45, 2.75) is 0 Å². The Morgan fingerprint density at radius 3 is 2.85 bits per heavy atom. The number of hydrogen-bond acceptors (Lipinski definition) is 6. The lowest BCUT2D eigenvalue weighted by atomic mass is 10.2. The molecular weight excluding hydrogens is 426 g/mol. The number of rotatable bonds is 4. The van der Waals surface area contributed by atoms with Crippen molar-refractivity contribution in [3.05, 3.63) is 63.5 Å². The first kappa shape index (κ1) is 17.6. The maximum absolute atomic E-state index is 9.53. The lowest BCUT2D eigenvalue weighted by molar-refractivity contribution is 0.171. The van der Waals surface area contributed by atoms with Crippen molar-refractivity contribution in [2.75, 3.05) is 18.5 Å². The highest BCUT2D eigenvalue weighted by Gasteiger charge is 2.12. The van der Waals surface area contributed by atoms with Crippen molar-refractivity contribution in [1.82, 2.24) is 4.98 Å². The fourth-order valence-electron chi connectivity index (χ4n) is 2.61. The number of hydrogen-bond donors (Lipinski definition) is 1. The van der Waals surface area contributed by atoms with Gasteiger partial charge in [0.1, 0.15) is 29.9 Å². The zero-order valence-corrected chi connectivity index (χ0v) is 16.5. The zero-order valence-electron chi connectivity index (χ0n) is 14.1. The van der Waals surface area contributed by atoms with Gasteiger partial charge in [0, 0.05) is 33.4 Å². The third-order valence-electron chi connectivity index (χ3n) is 3.90. The van der Waals surface area contributed by atoms with Crippen molar-refractivity contribution in [1.29, 1.82) is 5.26 Å². The van der Waals surface area contributed by atoms with Crippen LogP contribution >= 0.6 is 27.3 Å². The van der Waals surface area contributed by atoms with Crippen LogP contribution in [0.2, 0.25) is 0 Å². The molecule has 27 heavy (non-hydrogen) atoms. The third kappa shape index (κ3) is 3.97. The number of ether oxygens (including phenoxy) is 2. The molecule has 0 atom stereocenters. The van der Waals surface area contributed by atoms with Gasteiger partial charge in [0.25, 0.3) is 0 Å². The van der Waals surface area contributed by atoms with E-state index in [1.165, 1.54) is 11.3 Å². The molecule has 4 rings (SSSR count). The average Bonchev–Trinajstić information content (AvgIpc) is 3.18. The summed E-state index contributed by atoms with van der Waals surface area (Å²) >= 11 is 4.91. The van der Waals surface area contributed by atoms with E-state index < -0.39 is 0 Å². The maximum atomic E-state index is 9.53. The summed E-state index contributed by atoms with van der Waals surface area (Å²) < 4.78 is 12.1. The largest absolute Gasteiger partial charge is 0.486 e. The fraction of sp³-hybridized carbons (Fsp3) is 0.100. The van der Waals surface area contributed by atoms with Crippen molar-refractivity contribution >= 4 is 38.5 Å². The standard InChI is InChI=1S/C20H14BrN3O2S/c21-15-3-1-2-13(8-15)17-12-27-20(24-17)14(10-22)11-23-16-4-5-18-19(9-16)26-7-6-25-18/h1-5,8-9,11-12,23H,6-7H2/b14-11+. The molecule has 1 aliphatic rings. The number of aromatic nitrogens is 1. The molecule has 1 aromatic heterocycles. The molecule has 0 spiro atoms. The quantitative estimate of drug-likeness (QED) is 0.557. The molecule has 0 radical (unpaired) electrons. The zero-order chi connectivity index (χ0) is 18.6. The molecular formula is C20H14BrN3O2S. The highest BCUT2D eigenvalue weighted by atomic mass is 79.9. The molecule has 0 bridgehead atoms. The Hall–Kier alpha value is -2.82. The van der Waals surface area contributed by atoms with Crippen LogP contribution in [0.4, 0.5) is 5.69 Å². The minimum Gasteiger partial charge on any atom is -0.486 e. The number of anilines is 1. The summed E-state index contributed by atoms with van der Waals surface area (Å²) in [7, 11) is 0. The second kappa shape index (κ2) is 7.82. The van der Waals surface area contributed by atoms with Crippen LogP contribution in [-0.2, 0) is 0 Å². The van der Waals surface area contributed by atoms with Crippen LogP contribution in [0.1, 0.15) is 5.01 Å². The first-order valence-electron chi connectivity index (χ1n) is 8.21. The molecule has 2 heterocycles. The number of halogens is 1. The molecule has 2 aromatic carbocycles. The molecule has 3 aromatic rings. The smallest absolute Gasteiger partial charge is 0.163 e. The van der Waals surface area contributed by atoms with Gasteiger partial charge in [0.15, 0.2) is 11.5 Å². The Bertz CT molecular complexity index is 1060. The number of benzene rings is 2. The lowest BCUT2D eigenvalue weighted by Crippen LogP contribution is -2.15. The van der Waals surface area contributed by atoms with Crippen molar-refractivity contribution in [3.8, 4) is 28.8 Å². The van der Waals surface area contributed by atoms with E-state index in [-0.39, 0.29) is 0 Å². The molecule has 0 saturated carbocycles. The summed E-state index contributed by atoms with van der Waals surface area (Å²) in [5, 5.41) is 15.3. The summed E-state index contributed by atoms with van der Waals surface area (Å²) in [6.45, 7) is 1.09. The van der Waals surface area contributed by atoms with Crippen molar-refractivity contribution in [3.63, 3.8) is 0 Å². The molecule has 1 aliphatic heterocycles. The number of nitrogens with one attached hydrogen (secondary N) is 1. The topological polar surface area (TPSA) is 67.2 Å². The number of fused-ring (bicyclic) bond motifs is 1. The Balaban J connectivity index is 1.55. The molecule has 0 saturated heterocycles. The lowest BCUT2D eigenvalue weighted by Gasteiger charge is -2.18. The van der Waals surface area contributed by atoms with Gasteiger partial charge >= 0.3 is 0 Å². The number of thiazole rings is 1. The number of nitrogens with zero attached hydrogens (tertiary/aromatic N) is 2. The van der Waals surface area contributed by atoms with Gasteiger partial charge in [-0.3, -0.25) is 0 Å². The SMILES string of the molecule is N#C/C(=C\Nc1ccc2c(c1)OCCO2)c1nc(-c2cccc(Br)c2)cs1. The molecule has 134 valence electrons. The molecule has 0 fully saturated rings. The van der Waals surface area contributed by atoms with E-state index in [1.54, 1.807) is 6.20 Å². The molecule has 7 heteroatoms. The van der Waals surface area contributed by atoms with Crippen LogP contribution in [0.25, 0.3) is 16.8 Å². The second-order valence-electron chi connectivity index (χ2n) is 5.72. The van der Waals surface area contributed by atoms with E-state index >= 15 is 0 Å². The number of nitriles is 1. The second-order valence-corrected chi connectivity index (χ2v) is 7.49. The van der Waals surface area contributed by atoms with Crippen LogP contribution in [-0.4, -0.2) is 18.2 Å². The predicted octanol–water partition coefficient (Wildman–Crippen LogP) is 5.32. The molecule has 1 N–H and O–H groups in total. The van der Waals surface area contributed by atoms with Gasteiger partial charge < -0.3 is 14.8 Å². The summed E-state index contributed by atoms with van der Waals surface area (Å²) in [5.41, 5.74) is 3.13. The van der Waals surface area contributed by atoms with Crippen LogP contribution in [0.15, 0.2) is 58.5 Å². The van der Waals surface area contributed by atoms with Crippen LogP contribution in [0.3, 0.4) is 0 Å². The van der Waals surface area contributed by atoms with Crippen molar-refractivity contribution < 1.29 is 9.47 Å². The van der Waals surface area contributed by atoms with Gasteiger partial charge in [-0.15, -0.1) is 11.3 Å². The third-order valence-corrected chi connectivity index (χ3v) is 5.27. The predicted molar refractivity (Wildman–Crippen MR) is 110 cm³/mol. The van der Waals surface area contributed by atoms with E-state index in [0.29, 0.717) is 29.5 Å². The first-order valence-corrected chi connectivity index (χ1v) is 9.88. The van der Waals surface area contributed by atoms with Gasteiger partial charge in [-0.05, 0) is 24.3 Å². The van der Waals surface area contributed by atoms with Crippen LogP contribution in [0, 0.1) is 11.3 Å². The molecule has 5 nitrogen and oxygen atoms in total. The minimum atomic E-state index is 0.469. The highest BCUT2D eigenvalue weighted by molar-refractivity contribution is 9.10. The average molecular weight is 440 g/mol. The van der Waals surface area contributed by atoms with Crippen LogP contribution < -0.4 is 14.8 Å². The Labute approximate surface area is 169 Å². The molecule has 0 aliphatic carbocycles. The van der Waals surface area contributed by atoms with Gasteiger partial charge in [-0.1, -0.05) is 28.1 Å². The first-order chi connectivity index (χ1) is 13.2. The van der Waals surface area contributed by atoms with Gasteiger partial charge in [-0.2, -0.15) is 5.26 Å². The van der Waals surface area contributed by atoms with Gasteiger partial charge in [0.2, 0.25) is 0 Å². The number of allylic oxidation sites excluding steroid dienone is 1. The van der Waals surface area contributed by atoms with Crippen LogP contribution in [0.5, 0.6) is 11.5 Å². The van der Waals surface area contributed by atoms with E-state index in [0.717, 1.165) is 27.2 Å². The van der Waals surface area contributed by atoms with Gasteiger partial charge in [-0.25, -0.2) is 4.98 Å². The van der Waals surface area contributed by atoms with E-state index in [2.05, 4.69) is 32.3 Å². The van der Waals surface area contributed by atoms with Crippen molar-refractivity contribution in [2.24, 2.45) is 0 Å². The maximum Gasteiger partial charge on any atom is 0.163 e.